The van der Waals surface area contributed by atoms with Crippen molar-refractivity contribution in [3.63, 3.8) is 0 Å². The number of nitrogens with zero attached hydrogens (tertiary/aromatic N) is 2. The first-order valence-electron chi connectivity index (χ1n) is 12.0. The third kappa shape index (κ3) is 5.99. The molecule has 0 unspecified atom stereocenters. The second-order valence-electron chi connectivity index (χ2n) is 9.04. The van der Waals surface area contributed by atoms with E-state index in [1.54, 1.807) is 0 Å². The average molecular weight is 504 g/mol. The number of aryl methyl sites for hydroxylation is 2. The highest BCUT2D eigenvalue weighted by atomic mass is 35.5. The van der Waals surface area contributed by atoms with E-state index in [4.69, 9.17) is 16.3 Å². The van der Waals surface area contributed by atoms with Gasteiger partial charge in [-0.05, 0) is 56.6 Å². The van der Waals surface area contributed by atoms with E-state index in [1.165, 1.54) is 11.9 Å². The number of aliphatic carboxylic acids is 1. The van der Waals surface area contributed by atoms with Crippen molar-refractivity contribution < 1.29 is 19.4 Å². The van der Waals surface area contributed by atoms with Gasteiger partial charge in [-0.2, -0.15) is 0 Å². The van der Waals surface area contributed by atoms with Gasteiger partial charge in [0.15, 0.2) is 0 Å². The summed E-state index contributed by atoms with van der Waals surface area (Å²) >= 11 is 6.06. The minimum absolute atomic E-state index is 0.0431. The molecule has 35 heavy (non-hydrogen) atoms. The van der Waals surface area contributed by atoms with Gasteiger partial charge < -0.3 is 25.5 Å². The van der Waals surface area contributed by atoms with Crippen LogP contribution in [0, 0.1) is 0 Å². The number of fused-ring (bicyclic) bond motifs is 1. The van der Waals surface area contributed by atoms with Crippen LogP contribution in [0.2, 0.25) is 5.15 Å². The number of ether oxygens (including phenoxy) is 1. The predicted molar refractivity (Wildman–Crippen MR) is 130 cm³/mol. The van der Waals surface area contributed by atoms with E-state index >= 15 is 0 Å². The van der Waals surface area contributed by atoms with E-state index in [2.05, 4.69) is 37.7 Å². The summed E-state index contributed by atoms with van der Waals surface area (Å²) in [6.45, 7) is 1.65. The van der Waals surface area contributed by atoms with Crippen LogP contribution in [0.4, 0.5) is 5.82 Å². The number of unbranched alkanes of at least 4 members (excludes halogenated alkanes) is 1. The highest BCUT2D eigenvalue weighted by Gasteiger charge is 2.55. The highest BCUT2D eigenvalue weighted by Crippen LogP contribution is 2.48. The molecule has 1 aliphatic heterocycles. The molecule has 1 amide bonds. The number of hydrogen-bond donors (Lipinski definition) is 4. The zero-order valence-corrected chi connectivity index (χ0v) is 20.2. The van der Waals surface area contributed by atoms with Crippen molar-refractivity contribution in [2.45, 2.75) is 62.8 Å². The lowest BCUT2D eigenvalue weighted by Crippen LogP contribution is -2.47. The first-order chi connectivity index (χ1) is 16.9. The standard InChI is InChI=1S/C24H30ClN5O5/c25-19-18(21(31)28-14-27-19)24(9-10-24)23(34)30-17(22(32)33)8-13-35-12-2-1-5-16-7-6-15-4-3-11-26-20(15)29-16/h6-7,14,17H,1-5,8-13H2,(H,26,29)(H,30,34)(H,32,33)(H,27,28,31)/t17-/m0/s1. The molecule has 0 saturated heterocycles. The molecule has 2 aliphatic rings. The molecule has 1 atom stereocenters. The average Bonchev–Trinajstić information content (AvgIpc) is 3.64. The van der Waals surface area contributed by atoms with Crippen molar-refractivity contribution in [1.82, 2.24) is 20.3 Å². The molecule has 0 bridgehead atoms. The number of aromatic amines is 1. The van der Waals surface area contributed by atoms with Gasteiger partial charge in [0, 0.05) is 31.9 Å². The van der Waals surface area contributed by atoms with Crippen LogP contribution in [0.3, 0.4) is 0 Å². The number of pyridine rings is 1. The number of carbonyl (C=O) groups excluding carboxylic acids is 1. The molecule has 188 valence electrons. The summed E-state index contributed by atoms with van der Waals surface area (Å²) in [5, 5.41) is 15.4. The summed E-state index contributed by atoms with van der Waals surface area (Å²) < 4.78 is 5.61. The highest BCUT2D eigenvalue weighted by molar-refractivity contribution is 6.30. The molecule has 4 N–H and O–H groups in total. The summed E-state index contributed by atoms with van der Waals surface area (Å²) in [5.74, 6) is -0.691. The number of H-pyrrole nitrogens is 1. The van der Waals surface area contributed by atoms with Crippen molar-refractivity contribution in [2.24, 2.45) is 0 Å². The second-order valence-corrected chi connectivity index (χ2v) is 9.40. The minimum atomic E-state index is -1.16. The molecule has 1 aliphatic carbocycles. The van der Waals surface area contributed by atoms with Gasteiger partial charge >= 0.3 is 5.97 Å². The molecule has 10 nitrogen and oxygen atoms in total. The number of carbonyl (C=O) groups is 2. The van der Waals surface area contributed by atoms with Gasteiger partial charge in [-0.3, -0.25) is 9.59 Å². The van der Waals surface area contributed by atoms with E-state index in [0.717, 1.165) is 50.2 Å². The topological polar surface area (TPSA) is 146 Å². The van der Waals surface area contributed by atoms with Crippen LogP contribution in [0.25, 0.3) is 0 Å². The third-order valence-corrected chi connectivity index (χ3v) is 6.83. The quantitative estimate of drug-likeness (QED) is 0.254. The maximum atomic E-state index is 12.9. The van der Waals surface area contributed by atoms with Gasteiger partial charge in [-0.25, -0.2) is 14.8 Å². The van der Waals surface area contributed by atoms with Gasteiger partial charge in [0.25, 0.3) is 5.56 Å². The smallest absolute Gasteiger partial charge is 0.326 e. The lowest BCUT2D eigenvalue weighted by Gasteiger charge is -2.20. The fraction of sp³-hybridized carbons (Fsp3) is 0.542. The zero-order chi connectivity index (χ0) is 24.8. The molecular formula is C24H30ClN5O5. The van der Waals surface area contributed by atoms with Crippen molar-refractivity contribution in [2.75, 3.05) is 25.1 Å². The number of halogens is 1. The molecule has 3 heterocycles. The predicted octanol–water partition coefficient (Wildman–Crippen LogP) is 2.21. The van der Waals surface area contributed by atoms with E-state index in [-0.39, 0.29) is 23.7 Å². The molecule has 11 heteroatoms. The van der Waals surface area contributed by atoms with E-state index in [1.807, 2.05) is 0 Å². The fourth-order valence-electron chi connectivity index (χ4n) is 4.38. The van der Waals surface area contributed by atoms with Crippen molar-refractivity contribution in [3.05, 3.63) is 50.8 Å². The minimum Gasteiger partial charge on any atom is -0.480 e. The third-order valence-electron chi connectivity index (χ3n) is 6.55. The van der Waals surface area contributed by atoms with Crippen LogP contribution in [0.15, 0.2) is 23.3 Å². The maximum Gasteiger partial charge on any atom is 0.326 e. The van der Waals surface area contributed by atoms with Gasteiger partial charge in [-0.1, -0.05) is 17.7 Å². The van der Waals surface area contributed by atoms with Gasteiger partial charge in [0.1, 0.15) is 17.0 Å². The first kappa shape index (κ1) is 25.1. The Morgan fingerprint density at radius 2 is 2.09 bits per heavy atom. The number of nitrogens with one attached hydrogen (secondary N) is 3. The van der Waals surface area contributed by atoms with Crippen LogP contribution in [0.1, 0.15) is 55.3 Å². The number of anilines is 1. The van der Waals surface area contributed by atoms with E-state index in [0.29, 0.717) is 19.4 Å². The number of carboxylic acids is 1. The molecule has 2 aromatic rings. The Labute approximate surface area is 207 Å². The summed E-state index contributed by atoms with van der Waals surface area (Å²) in [5.41, 5.74) is 0.784. The maximum absolute atomic E-state index is 12.9. The first-order valence-corrected chi connectivity index (χ1v) is 12.4. The molecule has 0 radical (unpaired) electrons. The van der Waals surface area contributed by atoms with Crippen LogP contribution in [-0.2, 0) is 32.6 Å². The molecule has 0 spiro atoms. The monoisotopic (exact) mass is 503 g/mol. The summed E-state index contributed by atoms with van der Waals surface area (Å²) in [4.78, 5) is 47.7. The summed E-state index contributed by atoms with van der Waals surface area (Å²) in [6, 6.07) is 3.10. The lowest BCUT2D eigenvalue weighted by molar-refractivity contribution is -0.142. The van der Waals surface area contributed by atoms with Gasteiger partial charge in [0.05, 0.1) is 17.3 Å². The summed E-state index contributed by atoms with van der Waals surface area (Å²) in [6.07, 6.45) is 6.89. The number of rotatable bonds is 12. The van der Waals surface area contributed by atoms with Crippen molar-refractivity contribution in [1.29, 1.82) is 0 Å². The van der Waals surface area contributed by atoms with Crippen molar-refractivity contribution >= 4 is 29.3 Å². The zero-order valence-electron chi connectivity index (χ0n) is 19.4. The fourth-order valence-corrected chi connectivity index (χ4v) is 4.70. The van der Waals surface area contributed by atoms with E-state index in [9.17, 15) is 19.5 Å². The Balaban J connectivity index is 1.19. The number of hydrogen-bond acceptors (Lipinski definition) is 7. The Bertz CT molecular complexity index is 1130. The Hall–Kier alpha value is -2.98. The van der Waals surface area contributed by atoms with Crippen LogP contribution < -0.4 is 16.2 Å². The van der Waals surface area contributed by atoms with E-state index < -0.39 is 28.9 Å². The molecular weight excluding hydrogens is 474 g/mol. The lowest BCUT2D eigenvalue weighted by atomic mass is 9.97. The van der Waals surface area contributed by atoms with Gasteiger partial charge in [-0.15, -0.1) is 0 Å². The van der Waals surface area contributed by atoms with Crippen LogP contribution in [-0.4, -0.2) is 57.7 Å². The molecule has 1 fully saturated rings. The molecule has 4 rings (SSSR count). The normalized spacial score (nSPS) is 16.6. The second kappa shape index (κ2) is 11.2. The SMILES string of the molecule is O=C(O)[C@H](CCOCCCCc1ccc2c(n1)NCCC2)NC(=O)C1(c2c(Cl)nc[nH]c2=O)CC1. The van der Waals surface area contributed by atoms with Crippen LogP contribution >= 0.6 is 11.6 Å². The van der Waals surface area contributed by atoms with Gasteiger partial charge in [0.2, 0.25) is 5.91 Å². The number of carboxylic acid groups (broad SMARTS) is 1. The van der Waals surface area contributed by atoms with Crippen molar-refractivity contribution in [3.8, 4) is 0 Å². The number of aromatic nitrogens is 3. The Kier molecular flexibility index (Phi) is 8.02. The molecule has 1 saturated carbocycles. The Morgan fingerprint density at radius 3 is 2.83 bits per heavy atom. The number of amides is 1. The molecule has 0 aromatic carbocycles. The Morgan fingerprint density at radius 1 is 1.26 bits per heavy atom. The summed E-state index contributed by atoms with van der Waals surface area (Å²) in [7, 11) is 0. The van der Waals surface area contributed by atoms with Crippen LogP contribution in [0.5, 0.6) is 0 Å². The largest absolute Gasteiger partial charge is 0.480 e. The molecule has 2 aromatic heterocycles.